The lowest BCUT2D eigenvalue weighted by molar-refractivity contribution is -0.286. The minimum atomic E-state index is -3.65. The largest absolute Gasteiger partial charge is 0.586 e. The lowest BCUT2D eigenvalue weighted by Gasteiger charge is -2.15. The predicted octanol–water partition coefficient (Wildman–Crippen LogP) is 2.49. The van der Waals surface area contributed by atoms with Crippen molar-refractivity contribution in [1.82, 2.24) is 4.90 Å². The van der Waals surface area contributed by atoms with Crippen molar-refractivity contribution in [2.45, 2.75) is 13.2 Å². The first-order chi connectivity index (χ1) is 8.41. The molecule has 0 saturated heterocycles. The fourth-order valence-corrected chi connectivity index (χ4v) is 1.39. The SMILES string of the molecule is CCN(C)C(=O)Nc1ccc2c(c1)OC(F)(F)O2. The number of hydrogen-bond acceptors (Lipinski definition) is 3. The van der Waals surface area contributed by atoms with Gasteiger partial charge in [0.1, 0.15) is 0 Å². The van der Waals surface area contributed by atoms with Crippen molar-refractivity contribution in [3.63, 3.8) is 0 Å². The molecule has 2 rings (SSSR count). The van der Waals surface area contributed by atoms with E-state index in [1.54, 1.807) is 7.05 Å². The number of carbonyl (C=O) groups excluding carboxylic acids is 1. The van der Waals surface area contributed by atoms with Gasteiger partial charge < -0.3 is 19.7 Å². The Bertz CT molecular complexity index is 479. The maximum Gasteiger partial charge on any atom is 0.586 e. The molecular formula is C11H12F2N2O3. The standard InChI is InChI=1S/C11H12F2N2O3/c1-3-15(2)10(16)14-7-4-5-8-9(6-7)18-11(12,13)17-8/h4-6H,3H2,1-2H3,(H,14,16). The van der Waals surface area contributed by atoms with Crippen molar-refractivity contribution in [2.24, 2.45) is 0 Å². The summed E-state index contributed by atoms with van der Waals surface area (Å²) in [6.07, 6.45) is -3.65. The van der Waals surface area contributed by atoms with E-state index in [1.807, 2.05) is 6.92 Å². The number of nitrogens with zero attached hydrogens (tertiary/aromatic N) is 1. The van der Waals surface area contributed by atoms with Gasteiger partial charge in [0.15, 0.2) is 11.5 Å². The summed E-state index contributed by atoms with van der Waals surface area (Å²) in [4.78, 5) is 13.0. The fraction of sp³-hybridized carbons (Fsp3) is 0.364. The summed E-state index contributed by atoms with van der Waals surface area (Å²) in [5.74, 6) is -0.154. The van der Waals surface area contributed by atoms with Crippen LogP contribution in [0.4, 0.5) is 19.3 Å². The summed E-state index contributed by atoms with van der Waals surface area (Å²) in [6.45, 7) is 2.36. The zero-order valence-corrected chi connectivity index (χ0v) is 9.87. The molecule has 0 atom stereocenters. The van der Waals surface area contributed by atoms with Crippen LogP contribution < -0.4 is 14.8 Å². The molecule has 1 N–H and O–H groups in total. The lowest BCUT2D eigenvalue weighted by Crippen LogP contribution is -2.30. The van der Waals surface area contributed by atoms with Gasteiger partial charge >= 0.3 is 12.3 Å². The number of hydrogen-bond donors (Lipinski definition) is 1. The van der Waals surface area contributed by atoms with E-state index in [2.05, 4.69) is 14.8 Å². The number of urea groups is 1. The van der Waals surface area contributed by atoms with Crippen LogP contribution in [0.5, 0.6) is 11.5 Å². The Hall–Kier alpha value is -2.05. The Morgan fingerprint density at radius 1 is 1.39 bits per heavy atom. The molecule has 5 nitrogen and oxygen atoms in total. The van der Waals surface area contributed by atoms with Gasteiger partial charge in [-0.3, -0.25) is 0 Å². The van der Waals surface area contributed by atoms with Crippen LogP contribution in [0.3, 0.4) is 0 Å². The van der Waals surface area contributed by atoms with Gasteiger partial charge in [0.05, 0.1) is 0 Å². The smallest absolute Gasteiger partial charge is 0.395 e. The van der Waals surface area contributed by atoms with Crippen molar-refractivity contribution in [3.8, 4) is 11.5 Å². The Morgan fingerprint density at radius 3 is 2.72 bits per heavy atom. The number of rotatable bonds is 2. The van der Waals surface area contributed by atoms with Crippen LogP contribution in [0.15, 0.2) is 18.2 Å². The lowest BCUT2D eigenvalue weighted by atomic mass is 10.3. The van der Waals surface area contributed by atoms with Crippen LogP contribution in [0.2, 0.25) is 0 Å². The fourth-order valence-electron chi connectivity index (χ4n) is 1.39. The molecule has 1 aromatic carbocycles. The van der Waals surface area contributed by atoms with Gasteiger partial charge in [0, 0.05) is 25.3 Å². The molecule has 0 radical (unpaired) electrons. The summed E-state index contributed by atoms with van der Waals surface area (Å²) in [5, 5.41) is 2.56. The molecule has 1 aliphatic heterocycles. The topological polar surface area (TPSA) is 50.8 Å². The first-order valence-electron chi connectivity index (χ1n) is 5.33. The molecule has 0 bridgehead atoms. The summed E-state index contributed by atoms with van der Waals surface area (Å²) in [5.41, 5.74) is 0.361. The minimum Gasteiger partial charge on any atom is -0.395 e. The van der Waals surface area contributed by atoms with Gasteiger partial charge in [-0.25, -0.2) is 4.79 Å². The predicted molar refractivity (Wildman–Crippen MR) is 60.0 cm³/mol. The molecule has 0 saturated carbocycles. The maximum atomic E-state index is 12.8. The van der Waals surface area contributed by atoms with Gasteiger partial charge in [-0.1, -0.05) is 0 Å². The Kier molecular flexibility index (Phi) is 2.98. The Labute approximate surface area is 102 Å². The third-order valence-corrected chi connectivity index (χ3v) is 2.47. The monoisotopic (exact) mass is 258 g/mol. The van der Waals surface area contributed by atoms with E-state index in [0.29, 0.717) is 12.2 Å². The second-order valence-electron chi connectivity index (χ2n) is 3.77. The average Bonchev–Trinajstić information content (AvgIpc) is 2.61. The molecular weight excluding hydrogens is 246 g/mol. The van der Waals surface area contributed by atoms with Crippen molar-refractivity contribution in [2.75, 3.05) is 18.9 Å². The molecule has 0 fully saturated rings. The van der Waals surface area contributed by atoms with Gasteiger partial charge in [-0.05, 0) is 19.1 Å². The van der Waals surface area contributed by atoms with Crippen molar-refractivity contribution in [1.29, 1.82) is 0 Å². The van der Waals surface area contributed by atoms with E-state index in [-0.39, 0.29) is 17.5 Å². The highest BCUT2D eigenvalue weighted by Gasteiger charge is 2.43. The first-order valence-corrected chi connectivity index (χ1v) is 5.33. The summed E-state index contributed by atoms with van der Waals surface area (Å²) in [7, 11) is 1.62. The van der Waals surface area contributed by atoms with E-state index in [9.17, 15) is 13.6 Å². The van der Waals surface area contributed by atoms with Crippen molar-refractivity contribution in [3.05, 3.63) is 18.2 Å². The summed E-state index contributed by atoms with van der Waals surface area (Å²) in [6, 6.07) is 3.74. The normalized spacial score (nSPS) is 15.3. The van der Waals surface area contributed by atoms with Crippen LogP contribution in [0, 0.1) is 0 Å². The molecule has 0 aromatic heterocycles. The molecule has 7 heteroatoms. The molecule has 1 heterocycles. The van der Waals surface area contributed by atoms with E-state index >= 15 is 0 Å². The molecule has 1 aliphatic rings. The number of anilines is 1. The van der Waals surface area contributed by atoms with E-state index < -0.39 is 6.29 Å². The first kappa shape index (κ1) is 12.4. The third-order valence-electron chi connectivity index (χ3n) is 2.47. The number of fused-ring (bicyclic) bond motifs is 1. The van der Waals surface area contributed by atoms with Gasteiger partial charge in [-0.15, -0.1) is 8.78 Å². The van der Waals surface area contributed by atoms with E-state index in [1.165, 1.54) is 23.1 Å². The molecule has 98 valence electrons. The molecule has 0 aliphatic carbocycles. The zero-order valence-electron chi connectivity index (χ0n) is 9.87. The highest BCUT2D eigenvalue weighted by Crippen LogP contribution is 2.42. The number of amides is 2. The maximum absolute atomic E-state index is 12.8. The minimum absolute atomic E-state index is 0.0538. The van der Waals surface area contributed by atoms with Crippen LogP contribution in [-0.4, -0.2) is 30.8 Å². The Balaban J connectivity index is 2.12. The molecule has 1 aromatic rings. The average molecular weight is 258 g/mol. The number of alkyl halides is 2. The number of nitrogens with one attached hydrogen (secondary N) is 1. The number of carbonyl (C=O) groups is 1. The number of halogens is 2. The van der Waals surface area contributed by atoms with E-state index in [0.717, 1.165) is 0 Å². The molecule has 18 heavy (non-hydrogen) atoms. The van der Waals surface area contributed by atoms with Crippen molar-refractivity contribution < 1.29 is 23.0 Å². The third kappa shape index (κ3) is 2.44. The highest BCUT2D eigenvalue weighted by atomic mass is 19.3. The molecule has 0 unspecified atom stereocenters. The Morgan fingerprint density at radius 2 is 2.06 bits per heavy atom. The summed E-state index contributed by atoms with van der Waals surface area (Å²) >= 11 is 0. The highest BCUT2D eigenvalue weighted by molar-refractivity contribution is 5.89. The number of ether oxygens (including phenoxy) is 2. The summed E-state index contributed by atoms with van der Waals surface area (Å²) < 4.78 is 34.1. The van der Waals surface area contributed by atoms with Gasteiger partial charge in [-0.2, -0.15) is 0 Å². The quantitative estimate of drug-likeness (QED) is 0.886. The van der Waals surface area contributed by atoms with Crippen LogP contribution >= 0.6 is 0 Å². The zero-order chi connectivity index (χ0) is 13.3. The number of benzene rings is 1. The molecule has 2 amide bonds. The van der Waals surface area contributed by atoms with Gasteiger partial charge in [0.25, 0.3) is 0 Å². The molecule has 0 spiro atoms. The van der Waals surface area contributed by atoms with Crippen LogP contribution in [-0.2, 0) is 0 Å². The van der Waals surface area contributed by atoms with E-state index in [4.69, 9.17) is 0 Å². The van der Waals surface area contributed by atoms with Gasteiger partial charge in [0.2, 0.25) is 0 Å². The second kappa shape index (κ2) is 4.32. The van der Waals surface area contributed by atoms with Crippen molar-refractivity contribution >= 4 is 11.7 Å². The van der Waals surface area contributed by atoms with Crippen LogP contribution in [0.25, 0.3) is 0 Å². The second-order valence-corrected chi connectivity index (χ2v) is 3.77. The van der Waals surface area contributed by atoms with Crippen LogP contribution in [0.1, 0.15) is 6.92 Å².